The molecule has 2 atom stereocenters. The number of nitro benzene ring substituents is 1. The maximum atomic E-state index is 12.2. The highest BCUT2D eigenvalue weighted by Gasteiger charge is 2.26. The number of benzene rings is 1. The monoisotopic (exact) mass is 288 g/mol. The van der Waals surface area contributed by atoms with Crippen molar-refractivity contribution in [2.75, 3.05) is 5.32 Å². The zero-order valence-electron chi connectivity index (χ0n) is 11.4. The van der Waals surface area contributed by atoms with Crippen molar-refractivity contribution in [2.45, 2.75) is 31.7 Å². The number of hydrogen-bond donors (Lipinski definition) is 2. The van der Waals surface area contributed by atoms with Crippen molar-refractivity contribution in [2.24, 2.45) is 11.7 Å². The second kappa shape index (κ2) is 6.33. The Morgan fingerprint density at radius 3 is 2.86 bits per heavy atom. The summed E-state index contributed by atoms with van der Waals surface area (Å²) in [5.41, 5.74) is 6.06. The van der Waals surface area contributed by atoms with Crippen LogP contribution in [0.2, 0.25) is 0 Å². The molecule has 1 aromatic carbocycles. The van der Waals surface area contributed by atoms with Crippen molar-refractivity contribution in [3.8, 4) is 6.07 Å². The fourth-order valence-corrected chi connectivity index (χ4v) is 2.55. The van der Waals surface area contributed by atoms with E-state index in [1.165, 1.54) is 12.1 Å². The average molecular weight is 288 g/mol. The van der Waals surface area contributed by atoms with E-state index in [1.54, 1.807) is 0 Å². The summed E-state index contributed by atoms with van der Waals surface area (Å²) in [4.78, 5) is 22.3. The van der Waals surface area contributed by atoms with Gasteiger partial charge in [-0.2, -0.15) is 5.26 Å². The third-order valence-corrected chi connectivity index (χ3v) is 3.68. The van der Waals surface area contributed by atoms with Gasteiger partial charge in [0.05, 0.1) is 16.2 Å². The van der Waals surface area contributed by atoms with Gasteiger partial charge in [-0.3, -0.25) is 14.9 Å². The summed E-state index contributed by atoms with van der Waals surface area (Å²) in [6.45, 7) is 0. The summed E-state index contributed by atoms with van der Waals surface area (Å²) in [6, 6.07) is 5.70. The minimum atomic E-state index is -0.577. The molecule has 1 aromatic rings. The summed E-state index contributed by atoms with van der Waals surface area (Å²) in [5.74, 6) is -0.356. The molecule has 0 bridgehead atoms. The van der Waals surface area contributed by atoms with E-state index in [1.807, 2.05) is 6.07 Å². The van der Waals surface area contributed by atoms with Gasteiger partial charge in [0.15, 0.2) is 0 Å². The number of anilines is 1. The van der Waals surface area contributed by atoms with E-state index in [9.17, 15) is 14.9 Å². The van der Waals surface area contributed by atoms with Crippen LogP contribution < -0.4 is 11.1 Å². The maximum Gasteiger partial charge on any atom is 0.270 e. The standard InChI is InChI=1S/C14H16N4O3/c15-8-10-7-12(18(20)21)4-5-13(10)17-14(19)9-2-1-3-11(16)6-9/h4-5,7,9,11H,1-3,6,16H2,(H,17,19). The van der Waals surface area contributed by atoms with Gasteiger partial charge in [0.2, 0.25) is 5.91 Å². The van der Waals surface area contributed by atoms with E-state index in [2.05, 4.69) is 5.32 Å². The molecule has 0 spiro atoms. The van der Waals surface area contributed by atoms with Crippen LogP contribution in [0, 0.1) is 27.4 Å². The van der Waals surface area contributed by atoms with Gasteiger partial charge in [-0.15, -0.1) is 0 Å². The Balaban J connectivity index is 2.14. The predicted molar refractivity (Wildman–Crippen MR) is 76.4 cm³/mol. The van der Waals surface area contributed by atoms with Crippen LogP contribution in [0.1, 0.15) is 31.2 Å². The number of nitriles is 1. The number of nitrogens with zero attached hydrogens (tertiary/aromatic N) is 2. The number of carbonyl (C=O) groups excluding carboxylic acids is 1. The lowest BCUT2D eigenvalue weighted by atomic mass is 9.85. The molecule has 21 heavy (non-hydrogen) atoms. The highest BCUT2D eigenvalue weighted by molar-refractivity contribution is 5.94. The van der Waals surface area contributed by atoms with Crippen molar-refractivity contribution in [3.05, 3.63) is 33.9 Å². The van der Waals surface area contributed by atoms with Gasteiger partial charge in [-0.1, -0.05) is 6.42 Å². The largest absolute Gasteiger partial charge is 0.328 e. The van der Waals surface area contributed by atoms with E-state index in [0.717, 1.165) is 25.3 Å². The number of amides is 1. The number of nitrogens with one attached hydrogen (secondary N) is 1. The molecule has 0 radical (unpaired) electrons. The first kappa shape index (κ1) is 14.9. The minimum absolute atomic E-state index is 0.0294. The number of carbonyl (C=O) groups is 1. The molecule has 2 unspecified atom stereocenters. The van der Waals surface area contributed by atoms with Gasteiger partial charge in [0.25, 0.3) is 5.69 Å². The first-order chi connectivity index (χ1) is 10.0. The highest BCUT2D eigenvalue weighted by atomic mass is 16.6. The summed E-state index contributed by atoms with van der Waals surface area (Å²) < 4.78 is 0. The van der Waals surface area contributed by atoms with E-state index in [4.69, 9.17) is 11.0 Å². The molecule has 0 aliphatic heterocycles. The third kappa shape index (κ3) is 3.55. The molecule has 3 N–H and O–H groups in total. The molecule has 1 aliphatic carbocycles. The van der Waals surface area contributed by atoms with Gasteiger partial charge in [0.1, 0.15) is 6.07 Å². The topological polar surface area (TPSA) is 122 Å². The summed E-state index contributed by atoms with van der Waals surface area (Å²) >= 11 is 0. The summed E-state index contributed by atoms with van der Waals surface area (Å²) in [7, 11) is 0. The Kier molecular flexibility index (Phi) is 4.50. The second-order valence-electron chi connectivity index (χ2n) is 5.21. The smallest absolute Gasteiger partial charge is 0.270 e. The molecule has 0 heterocycles. The number of non-ortho nitro benzene ring substituents is 1. The first-order valence-electron chi connectivity index (χ1n) is 6.76. The zero-order chi connectivity index (χ0) is 15.4. The Hall–Kier alpha value is -2.46. The average Bonchev–Trinajstić information content (AvgIpc) is 2.47. The van der Waals surface area contributed by atoms with Crippen molar-refractivity contribution in [3.63, 3.8) is 0 Å². The van der Waals surface area contributed by atoms with Crippen LogP contribution in [0.3, 0.4) is 0 Å². The van der Waals surface area contributed by atoms with Gasteiger partial charge >= 0.3 is 0 Å². The van der Waals surface area contributed by atoms with Crippen LogP contribution in [0.5, 0.6) is 0 Å². The zero-order valence-corrected chi connectivity index (χ0v) is 11.4. The lowest BCUT2D eigenvalue weighted by Gasteiger charge is -2.25. The summed E-state index contributed by atoms with van der Waals surface area (Å²) in [5, 5.41) is 22.4. The molecule has 0 saturated heterocycles. The molecule has 2 rings (SSSR count). The van der Waals surface area contributed by atoms with Gasteiger partial charge in [-0.25, -0.2) is 0 Å². The molecule has 1 saturated carbocycles. The van der Waals surface area contributed by atoms with Crippen LogP contribution in [0.25, 0.3) is 0 Å². The fourth-order valence-electron chi connectivity index (χ4n) is 2.55. The lowest BCUT2D eigenvalue weighted by molar-refractivity contribution is -0.384. The molecule has 0 aromatic heterocycles. The molecule has 110 valence electrons. The lowest BCUT2D eigenvalue weighted by Crippen LogP contribution is -2.34. The number of hydrogen-bond acceptors (Lipinski definition) is 5. The molecule has 7 heteroatoms. The quantitative estimate of drug-likeness (QED) is 0.649. The first-order valence-corrected chi connectivity index (χ1v) is 6.76. The highest BCUT2D eigenvalue weighted by Crippen LogP contribution is 2.26. The number of nitro groups is 1. The normalized spacial score (nSPS) is 21.3. The Morgan fingerprint density at radius 2 is 2.24 bits per heavy atom. The molecular weight excluding hydrogens is 272 g/mol. The Morgan fingerprint density at radius 1 is 1.48 bits per heavy atom. The van der Waals surface area contributed by atoms with E-state index in [-0.39, 0.29) is 29.1 Å². The predicted octanol–water partition coefficient (Wildman–Crippen LogP) is 1.92. The fraction of sp³-hybridized carbons (Fsp3) is 0.429. The molecule has 1 fully saturated rings. The van der Waals surface area contributed by atoms with Gasteiger partial charge < -0.3 is 11.1 Å². The van der Waals surface area contributed by atoms with Crippen LogP contribution in [0.4, 0.5) is 11.4 Å². The molecule has 1 amide bonds. The van der Waals surface area contributed by atoms with Crippen LogP contribution in [0.15, 0.2) is 18.2 Å². The SMILES string of the molecule is N#Cc1cc([N+](=O)[O-])ccc1NC(=O)C1CCCC(N)C1. The number of rotatable bonds is 3. The molecule has 1 aliphatic rings. The minimum Gasteiger partial charge on any atom is -0.328 e. The van der Waals surface area contributed by atoms with Gasteiger partial charge in [-0.05, 0) is 25.3 Å². The van der Waals surface area contributed by atoms with E-state index in [0.29, 0.717) is 12.1 Å². The molecular formula is C14H16N4O3. The van der Waals surface area contributed by atoms with Gasteiger partial charge in [0, 0.05) is 24.1 Å². The Labute approximate surface area is 121 Å². The van der Waals surface area contributed by atoms with Crippen LogP contribution in [-0.2, 0) is 4.79 Å². The van der Waals surface area contributed by atoms with Crippen LogP contribution in [-0.4, -0.2) is 16.9 Å². The number of nitrogens with two attached hydrogens (primary N) is 1. The van der Waals surface area contributed by atoms with E-state index < -0.39 is 4.92 Å². The van der Waals surface area contributed by atoms with Crippen molar-refractivity contribution < 1.29 is 9.72 Å². The molecule has 7 nitrogen and oxygen atoms in total. The summed E-state index contributed by atoms with van der Waals surface area (Å²) in [6.07, 6.45) is 3.23. The second-order valence-corrected chi connectivity index (χ2v) is 5.21. The Bertz CT molecular complexity index is 609. The van der Waals surface area contributed by atoms with Crippen molar-refractivity contribution in [1.29, 1.82) is 5.26 Å². The third-order valence-electron chi connectivity index (χ3n) is 3.68. The van der Waals surface area contributed by atoms with Crippen molar-refractivity contribution in [1.82, 2.24) is 0 Å². The van der Waals surface area contributed by atoms with E-state index >= 15 is 0 Å². The van der Waals surface area contributed by atoms with Crippen LogP contribution >= 0.6 is 0 Å². The maximum absolute atomic E-state index is 12.2. The van der Waals surface area contributed by atoms with Crippen molar-refractivity contribution >= 4 is 17.3 Å².